The van der Waals surface area contributed by atoms with Gasteiger partial charge in [0.25, 0.3) is 0 Å². The molecule has 3 rings (SSSR count). The van der Waals surface area contributed by atoms with Gasteiger partial charge in [-0.05, 0) is 48.7 Å². The van der Waals surface area contributed by atoms with E-state index in [1.54, 1.807) is 26.8 Å². The molecule has 2 atom stereocenters. The lowest BCUT2D eigenvalue weighted by Gasteiger charge is -2.25. The van der Waals surface area contributed by atoms with E-state index in [1.165, 1.54) is 6.07 Å². The van der Waals surface area contributed by atoms with Crippen LogP contribution in [0.5, 0.6) is 0 Å². The van der Waals surface area contributed by atoms with Gasteiger partial charge >= 0.3 is 11.7 Å². The van der Waals surface area contributed by atoms with Gasteiger partial charge in [-0.25, -0.2) is 27.5 Å². The molecule has 10 nitrogen and oxygen atoms in total. The number of carbonyl (C=O) groups is 1. The minimum Gasteiger partial charge on any atom is -0.465 e. The van der Waals surface area contributed by atoms with Crippen LogP contribution in [0.4, 0.5) is 10.1 Å². The van der Waals surface area contributed by atoms with Gasteiger partial charge in [0.05, 0.1) is 28.3 Å². The molecule has 182 valence electrons. The standard InChI is InChI=1S/C21H22ClFN4O6S/c1-9-5-6-14(23)17(10(9)2)11(3)18(19-25-26-21(29)33-19)27-34(30,31)16-8-15(24)13(22)7-12(16)20(28)32-4/h5-8,11,18,27H,24H2,1-4H3,(H,26,29). The van der Waals surface area contributed by atoms with E-state index in [1.807, 2.05) is 0 Å². The van der Waals surface area contributed by atoms with Crippen molar-refractivity contribution in [2.75, 3.05) is 12.8 Å². The van der Waals surface area contributed by atoms with Gasteiger partial charge in [-0.2, -0.15) is 4.72 Å². The number of aromatic nitrogens is 2. The molecule has 0 aliphatic heterocycles. The van der Waals surface area contributed by atoms with Gasteiger partial charge in [-0.1, -0.05) is 24.6 Å². The summed E-state index contributed by atoms with van der Waals surface area (Å²) in [4.78, 5) is 23.3. The van der Waals surface area contributed by atoms with Crippen molar-refractivity contribution in [3.05, 3.63) is 73.8 Å². The summed E-state index contributed by atoms with van der Waals surface area (Å²) in [6.45, 7) is 5.01. The highest BCUT2D eigenvalue weighted by Crippen LogP contribution is 2.36. The molecular weight excluding hydrogens is 491 g/mol. The Bertz CT molecular complexity index is 1420. The normalized spacial score (nSPS) is 13.5. The fourth-order valence-electron chi connectivity index (χ4n) is 3.56. The molecule has 0 saturated heterocycles. The van der Waals surface area contributed by atoms with Crippen LogP contribution < -0.4 is 16.2 Å². The molecular formula is C21H22ClFN4O6S. The van der Waals surface area contributed by atoms with Crippen LogP contribution in [0, 0.1) is 19.7 Å². The van der Waals surface area contributed by atoms with Gasteiger partial charge < -0.3 is 14.9 Å². The topological polar surface area (TPSA) is 157 Å². The predicted octanol–water partition coefficient (Wildman–Crippen LogP) is 2.96. The highest BCUT2D eigenvalue weighted by atomic mass is 35.5. The van der Waals surface area contributed by atoms with Gasteiger partial charge in [0, 0.05) is 5.92 Å². The molecule has 0 radical (unpaired) electrons. The molecule has 0 fully saturated rings. The number of nitrogens with two attached hydrogens (primary N) is 1. The number of rotatable bonds is 7. The number of nitrogen functional groups attached to an aromatic ring is 1. The van der Waals surface area contributed by atoms with Crippen molar-refractivity contribution in [1.82, 2.24) is 14.9 Å². The number of benzene rings is 2. The van der Waals surface area contributed by atoms with Crippen LogP contribution in [0.15, 0.2) is 38.4 Å². The highest BCUT2D eigenvalue weighted by molar-refractivity contribution is 7.89. The fraction of sp³-hybridized carbons (Fsp3) is 0.286. The summed E-state index contributed by atoms with van der Waals surface area (Å²) in [6, 6.07) is 3.57. The molecule has 0 spiro atoms. The number of anilines is 1. The number of carbonyl (C=O) groups excluding carboxylic acids is 1. The summed E-state index contributed by atoms with van der Waals surface area (Å²) >= 11 is 5.97. The first kappa shape index (κ1) is 25.4. The van der Waals surface area contributed by atoms with Crippen molar-refractivity contribution in [3.63, 3.8) is 0 Å². The minimum absolute atomic E-state index is 0.0555. The molecule has 0 bridgehead atoms. The number of methoxy groups -OCH3 is 1. The van der Waals surface area contributed by atoms with Gasteiger partial charge in [0.2, 0.25) is 15.9 Å². The molecule has 0 aliphatic carbocycles. The highest BCUT2D eigenvalue weighted by Gasteiger charge is 2.35. The van der Waals surface area contributed by atoms with Crippen molar-refractivity contribution in [1.29, 1.82) is 0 Å². The van der Waals surface area contributed by atoms with E-state index in [-0.39, 0.29) is 27.7 Å². The Morgan fingerprint density at radius 3 is 2.59 bits per heavy atom. The monoisotopic (exact) mass is 512 g/mol. The van der Waals surface area contributed by atoms with Gasteiger partial charge in [0.1, 0.15) is 11.9 Å². The maximum absolute atomic E-state index is 14.8. The second-order valence-corrected chi connectivity index (χ2v) is 9.69. The number of aromatic amines is 1. The number of ether oxygens (including phenoxy) is 1. The Morgan fingerprint density at radius 2 is 2.00 bits per heavy atom. The van der Waals surface area contributed by atoms with E-state index in [0.29, 0.717) is 5.56 Å². The number of nitrogens with zero attached hydrogens (tertiary/aromatic N) is 1. The van der Waals surface area contributed by atoms with Crippen molar-refractivity contribution >= 4 is 33.3 Å². The second kappa shape index (κ2) is 9.57. The maximum Gasteiger partial charge on any atom is 0.434 e. The number of halogens is 2. The number of aryl methyl sites for hydroxylation is 1. The molecule has 2 unspecified atom stereocenters. The third-order valence-electron chi connectivity index (χ3n) is 5.48. The third-order valence-corrected chi connectivity index (χ3v) is 7.29. The number of hydrogen-bond donors (Lipinski definition) is 3. The molecule has 0 aliphatic rings. The Labute approximate surface area is 199 Å². The zero-order valence-electron chi connectivity index (χ0n) is 18.6. The molecule has 1 aromatic heterocycles. The lowest BCUT2D eigenvalue weighted by molar-refractivity contribution is 0.0596. The number of nitrogens with one attached hydrogen (secondary N) is 2. The maximum atomic E-state index is 14.8. The molecule has 4 N–H and O–H groups in total. The van der Waals surface area contributed by atoms with E-state index in [0.717, 1.165) is 24.8 Å². The quantitative estimate of drug-likeness (QED) is 0.322. The largest absolute Gasteiger partial charge is 0.465 e. The smallest absolute Gasteiger partial charge is 0.434 e. The summed E-state index contributed by atoms with van der Waals surface area (Å²) < 4.78 is 53.7. The van der Waals surface area contributed by atoms with Crippen LogP contribution in [0.3, 0.4) is 0 Å². The second-order valence-electron chi connectivity index (χ2n) is 7.60. The zero-order chi connectivity index (χ0) is 25.4. The number of H-pyrrole nitrogens is 1. The van der Waals surface area contributed by atoms with Crippen molar-refractivity contribution in [3.8, 4) is 0 Å². The summed E-state index contributed by atoms with van der Waals surface area (Å²) in [7, 11) is -3.47. The van der Waals surface area contributed by atoms with Crippen molar-refractivity contribution in [2.45, 2.75) is 37.6 Å². The SMILES string of the molecule is COC(=O)c1cc(Cl)c(N)cc1S(=O)(=O)NC(c1n[nH]c(=O)o1)C(C)c1c(F)ccc(C)c1C. The zero-order valence-corrected chi connectivity index (χ0v) is 20.2. The Morgan fingerprint density at radius 1 is 1.32 bits per heavy atom. The van der Waals surface area contributed by atoms with Crippen LogP contribution in [-0.2, 0) is 14.8 Å². The molecule has 0 saturated carbocycles. The van der Waals surface area contributed by atoms with Crippen LogP contribution in [0.2, 0.25) is 5.02 Å². The Balaban J connectivity index is 2.17. The fourth-order valence-corrected chi connectivity index (χ4v) is 5.21. The van der Waals surface area contributed by atoms with Gasteiger partial charge in [-0.15, -0.1) is 5.10 Å². The first-order valence-electron chi connectivity index (χ1n) is 9.88. The van der Waals surface area contributed by atoms with E-state index >= 15 is 0 Å². The summed E-state index contributed by atoms with van der Waals surface area (Å²) in [5.74, 6) is -3.71. The first-order chi connectivity index (χ1) is 15.9. The molecule has 34 heavy (non-hydrogen) atoms. The number of hydrogen-bond acceptors (Lipinski definition) is 8. The predicted molar refractivity (Wildman–Crippen MR) is 122 cm³/mol. The Kier molecular flexibility index (Phi) is 7.15. The molecule has 3 aromatic rings. The summed E-state index contributed by atoms with van der Waals surface area (Å²) in [5.41, 5.74) is 6.85. The lowest BCUT2D eigenvalue weighted by Crippen LogP contribution is -2.34. The molecule has 13 heteroatoms. The van der Waals surface area contributed by atoms with E-state index in [9.17, 15) is 22.4 Å². The van der Waals surface area contributed by atoms with Crippen LogP contribution in [-0.4, -0.2) is 31.7 Å². The van der Waals surface area contributed by atoms with E-state index in [4.69, 9.17) is 21.8 Å². The number of sulfonamides is 1. The number of esters is 1. The first-order valence-corrected chi connectivity index (χ1v) is 11.7. The van der Waals surface area contributed by atoms with Crippen molar-refractivity contribution < 1.29 is 26.8 Å². The lowest BCUT2D eigenvalue weighted by atomic mass is 9.88. The summed E-state index contributed by atoms with van der Waals surface area (Å²) in [5, 5.41) is 5.75. The Hall–Kier alpha value is -3.22. The average molecular weight is 513 g/mol. The third kappa shape index (κ3) is 4.83. The van der Waals surface area contributed by atoms with Gasteiger partial charge in [0.15, 0.2) is 0 Å². The van der Waals surface area contributed by atoms with E-state index in [2.05, 4.69) is 19.7 Å². The van der Waals surface area contributed by atoms with Crippen LogP contribution >= 0.6 is 11.6 Å². The average Bonchev–Trinajstić information content (AvgIpc) is 3.21. The molecule has 1 heterocycles. The summed E-state index contributed by atoms with van der Waals surface area (Å²) in [6.07, 6.45) is 0. The molecule has 2 aromatic carbocycles. The van der Waals surface area contributed by atoms with Gasteiger partial charge in [-0.3, -0.25) is 0 Å². The van der Waals surface area contributed by atoms with Crippen LogP contribution in [0.25, 0.3) is 0 Å². The molecule has 0 amide bonds. The van der Waals surface area contributed by atoms with E-state index < -0.39 is 44.4 Å². The minimum atomic E-state index is -4.54. The van der Waals surface area contributed by atoms with Crippen LogP contribution in [0.1, 0.15) is 51.8 Å². The van der Waals surface area contributed by atoms with Crippen molar-refractivity contribution in [2.24, 2.45) is 0 Å².